The van der Waals surface area contributed by atoms with Crippen molar-refractivity contribution in [3.63, 3.8) is 0 Å². The van der Waals surface area contributed by atoms with E-state index in [1.165, 1.54) is 32.8 Å². The number of nitrogens with zero attached hydrogens (tertiary/aromatic N) is 4. The van der Waals surface area contributed by atoms with Crippen molar-refractivity contribution < 1.29 is 13.9 Å². The third-order valence-corrected chi connectivity index (χ3v) is 5.41. The van der Waals surface area contributed by atoms with Crippen molar-refractivity contribution in [3.8, 4) is 10.8 Å². The summed E-state index contributed by atoms with van der Waals surface area (Å²) >= 11 is 1.38. The maximum Gasteiger partial charge on any atom is 0.369 e. The lowest BCUT2D eigenvalue weighted by Gasteiger charge is -2.28. The van der Waals surface area contributed by atoms with Crippen molar-refractivity contribution in [1.29, 1.82) is 0 Å². The largest absolute Gasteiger partial charge is 0.460 e. The summed E-state index contributed by atoms with van der Waals surface area (Å²) in [4.78, 5) is 12.7. The third-order valence-electron chi connectivity index (χ3n) is 4.57. The van der Waals surface area contributed by atoms with Crippen molar-refractivity contribution >= 4 is 11.3 Å². The summed E-state index contributed by atoms with van der Waals surface area (Å²) in [5.74, 6) is 0.0758. The van der Waals surface area contributed by atoms with Gasteiger partial charge in [-0.05, 0) is 40.1 Å². The highest BCUT2D eigenvalue weighted by Gasteiger charge is 2.26. The van der Waals surface area contributed by atoms with E-state index in [1.807, 2.05) is 41.8 Å². The minimum Gasteiger partial charge on any atom is -0.460 e. The van der Waals surface area contributed by atoms with E-state index in [1.54, 1.807) is 6.07 Å². The Kier molecular flexibility index (Phi) is 4.45. The van der Waals surface area contributed by atoms with E-state index in [9.17, 15) is 9.18 Å². The number of aromatic nitrogens is 4. The van der Waals surface area contributed by atoms with E-state index in [2.05, 4.69) is 10.4 Å². The third kappa shape index (κ3) is 3.34. The summed E-state index contributed by atoms with van der Waals surface area (Å²) in [6.45, 7) is 0.238. The highest BCUT2D eigenvalue weighted by atomic mass is 32.1. The molecule has 9 heteroatoms. The molecule has 0 saturated heterocycles. The second-order valence-corrected chi connectivity index (χ2v) is 7.43. The molecule has 3 heterocycles. The van der Waals surface area contributed by atoms with E-state index in [0.717, 1.165) is 5.56 Å². The lowest BCUT2D eigenvalue weighted by molar-refractivity contribution is -0.112. The number of hydrogen-bond donors (Lipinski definition) is 0. The van der Waals surface area contributed by atoms with Gasteiger partial charge < -0.3 is 9.47 Å². The first kappa shape index (κ1) is 17.8. The molecule has 0 bridgehead atoms. The van der Waals surface area contributed by atoms with Crippen LogP contribution in [0.15, 0.2) is 64.8 Å². The molecule has 7 nitrogen and oxygen atoms in total. The molecule has 5 rings (SSSR count). The Balaban J connectivity index is 1.49. The molecule has 0 radical (unpaired) electrons. The molecule has 146 valence electrons. The lowest BCUT2D eigenvalue weighted by Crippen LogP contribution is -2.25. The monoisotopic (exact) mass is 410 g/mol. The van der Waals surface area contributed by atoms with Crippen LogP contribution in [0.4, 0.5) is 4.39 Å². The van der Waals surface area contributed by atoms with Gasteiger partial charge in [-0.3, -0.25) is 0 Å². The number of tetrazole rings is 1. The second-order valence-electron chi connectivity index (χ2n) is 6.51. The Morgan fingerprint density at radius 2 is 2.00 bits per heavy atom. The van der Waals surface area contributed by atoms with Crippen molar-refractivity contribution in [2.24, 2.45) is 0 Å². The number of benzene rings is 2. The zero-order valence-electron chi connectivity index (χ0n) is 15.1. The van der Waals surface area contributed by atoms with Crippen molar-refractivity contribution in [2.45, 2.75) is 19.4 Å². The van der Waals surface area contributed by atoms with Crippen LogP contribution in [-0.4, -0.2) is 19.8 Å². The summed E-state index contributed by atoms with van der Waals surface area (Å²) in [5, 5.41) is 10.4. The van der Waals surface area contributed by atoms with E-state index in [0.29, 0.717) is 21.9 Å². The average molecular weight is 410 g/mol. The molecule has 2 aromatic heterocycles. The summed E-state index contributed by atoms with van der Waals surface area (Å²) in [6, 6.07) is 15.8. The highest BCUT2D eigenvalue weighted by Crippen LogP contribution is 2.36. The highest BCUT2D eigenvalue weighted by molar-refractivity contribution is 7.12. The lowest BCUT2D eigenvalue weighted by atomic mass is 10.1. The van der Waals surface area contributed by atoms with Crippen molar-refractivity contribution in [1.82, 2.24) is 19.8 Å². The van der Waals surface area contributed by atoms with Crippen molar-refractivity contribution in [2.75, 3.05) is 0 Å². The summed E-state index contributed by atoms with van der Waals surface area (Å²) < 4.78 is 28.3. The van der Waals surface area contributed by atoms with Gasteiger partial charge in [-0.1, -0.05) is 30.3 Å². The van der Waals surface area contributed by atoms with Crippen LogP contribution in [0.5, 0.6) is 5.75 Å². The van der Waals surface area contributed by atoms with E-state index in [4.69, 9.17) is 9.47 Å². The zero-order chi connectivity index (χ0) is 19.8. The number of rotatable bonds is 4. The van der Waals surface area contributed by atoms with Gasteiger partial charge in [0.05, 0.1) is 13.2 Å². The molecule has 4 aromatic rings. The van der Waals surface area contributed by atoms with Gasteiger partial charge in [0.1, 0.15) is 16.6 Å². The standard InChI is InChI=1S/C20H15FN4O3S/c21-16-9-14(11-24-20(26)25(23-22-24)17-7-4-8-29-17)18-15(10-16)12-27-19(28-18)13-5-2-1-3-6-13/h1-10,19H,11-12H2. The Bertz CT molecular complexity index is 1200. The quantitative estimate of drug-likeness (QED) is 0.516. The van der Waals surface area contributed by atoms with Crippen LogP contribution in [0, 0.1) is 5.82 Å². The first-order valence-electron chi connectivity index (χ1n) is 8.90. The molecule has 0 fully saturated rings. The average Bonchev–Trinajstić information content (AvgIpc) is 3.39. The van der Waals surface area contributed by atoms with Gasteiger partial charge in [-0.25, -0.2) is 9.18 Å². The summed E-state index contributed by atoms with van der Waals surface area (Å²) in [6.07, 6.45) is -0.605. The first-order valence-corrected chi connectivity index (χ1v) is 9.78. The fraction of sp³-hybridized carbons (Fsp3) is 0.150. The number of hydrogen-bond acceptors (Lipinski definition) is 6. The molecular weight excluding hydrogens is 395 g/mol. The normalized spacial score (nSPS) is 15.7. The van der Waals surface area contributed by atoms with Gasteiger partial charge in [0.15, 0.2) is 0 Å². The van der Waals surface area contributed by atoms with Crippen LogP contribution in [0.3, 0.4) is 0 Å². The summed E-state index contributed by atoms with van der Waals surface area (Å²) in [7, 11) is 0. The fourth-order valence-corrected chi connectivity index (χ4v) is 3.90. The number of fused-ring (bicyclic) bond motifs is 1. The van der Waals surface area contributed by atoms with Crippen LogP contribution in [0.25, 0.3) is 5.00 Å². The summed E-state index contributed by atoms with van der Waals surface area (Å²) in [5.41, 5.74) is 1.54. The molecule has 0 N–H and O–H groups in total. The first-order chi connectivity index (χ1) is 14.2. The van der Waals surface area contributed by atoms with Gasteiger partial charge in [0.25, 0.3) is 0 Å². The molecule has 2 aromatic carbocycles. The van der Waals surface area contributed by atoms with Crippen LogP contribution in [-0.2, 0) is 17.9 Å². The number of halogens is 1. The van der Waals surface area contributed by atoms with Gasteiger partial charge in [0, 0.05) is 16.7 Å². The maximum absolute atomic E-state index is 14.2. The Hall–Kier alpha value is -3.30. The predicted molar refractivity (Wildman–Crippen MR) is 104 cm³/mol. The Morgan fingerprint density at radius 3 is 2.79 bits per heavy atom. The van der Waals surface area contributed by atoms with Crippen LogP contribution >= 0.6 is 11.3 Å². The van der Waals surface area contributed by atoms with Gasteiger partial charge in [-0.15, -0.1) is 11.3 Å². The molecule has 29 heavy (non-hydrogen) atoms. The smallest absolute Gasteiger partial charge is 0.369 e. The molecule has 1 aliphatic heterocycles. The molecule has 1 atom stereocenters. The van der Waals surface area contributed by atoms with Gasteiger partial charge in [0.2, 0.25) is 6.29 Å². The molecule has 0 aliphatic carbocycles. The number of ether oxygens (including phenoxy) is 2. The maximum atomic E-state index is 14.2. The number of thiophene rings is 1. The molecular formula is C20H15FN4O3S. The molecule has 0 saturated carbocycles. The second kappa shape index (κ2) is 7.26. The zero-order valence-corrected chi connectivity index (χ0v) is 15.9. The van der Waals surface area contributed by atoms with Crippen molar-refractivity contribution in [3.05, 3.63) is 93.0 Å². The molecule has 1 unspecified atom stereocenters. The van der Waals surface area contributed by atoms with Crippen LogP contribution in [0.2, 0.25) is 0 Å². The van der Waals surface area contributed by atoms with Gasteiger partial charge in [-0.2, -0.15) is 9.36 Å². The molecule has 0 amide bonds. The van der Waals surface area contributed by atoms with E-state index < -0.39 is 17.8 Å². The molecule has 1 aliphatic rings. The Labute approximate surface area is 168 Å². The topological polar surface area (TPSA) is 71.2 Å². The van der Waals surface area contributed by atoms with E-state index in [-0.39, 0.29) is 13.2 Å². The van der Waals surface area contributed by atoms with E-state index >= 15 is 0 Å². The minimum absolute atomic E-state index is 0.0335. The molecule has 0 spiro atoms. The minimum atomic E-state index is -0.605. The Morgan fingerprint density at radius 1 is 1.14 bits per heavy atom. The SMILES string of the molecule is O=c1n(Cc2cc(F)cc3c2OC(c2ccccc2)OC3)nnn1-c1cccs1. The fourth-order valence-electron chi connectivity index (χ4n) is 3.23. The van der Waals surface area contributed by atoms with Gasteiger partial charge >= 0.3 is 5.69 Å². The predicted octanol–water partition coefficient (Wildman–Crippen LogP) is 3.29. The van der Waals surface area contributed by atoms with Crippen LogP contribution < -0.4 is 10.4 Å². The van der Waals surface area contributed by atoms with Crippen LogP contribution in [0.1, 0.15) is 23.0 Å².